The molecular weight excluding hydrogens is 368 g/mol. The summed E-state index contributed by atoms with van der Waals surface area (Å²) in [6.45, 7) is 3.25. The second-order valence-electron chi connectivity index (χ2n) is 7.56. The second-order valence-corrected chi connectivity index (χ2v) is 7.56. The Kier molecular flexibility index (Phi) is 5.02. The number of benzene rings is 1. The zero-order chi connectivity index (χ0) is 20.4. The summed E-state index contributed by atoms with van der Waals surface area (Å²) in [5, 5.41) is 2.84. The summed E-state index contributed by atoms with van der Waals surface area (Å²) in [5.74, 6) is 0.868. The highest BCUT2D eigenvalue weighted by Crippen LogP contribution is 2.30. The molecule has 4 rings (SSSR count). The summed E-state index contributed by atoms with van der Waals surface area (Å²) in [7, 11) is 1.56. The normalized spacial score (nSPS) is 15.9. The Balaban J connectivity index is 1.63. The number of fused-ring (bicyclic) bond motifs is 1. The number of rotatable bonds is 3. The number of carbonyl (C=O) groups excluding carboxylic acids is 1. The number of nitrogens with zero attached hydrogens (tertiary/aromatic N) is 4. The molecular formula is C21H24N6O2. The lowest BCUT2D eigenvalue weighted by Crippen LogP contribution is -2.50. The number of nitrogens with one attached hydrogen (secondary N) is 1. The van der Waals surface area contributed by atoms with Gasteiger partial charge in [0.15, 0.2) is 11.6 Å². The molecule has 0 saturated carbocycles. The van der Waals surface area contributed by atoms with Crippen LogP contribution in [-0.4, -0.2) is 51.6 Å². The van der Waals surface area contributed by atoms with Crippen molar-refractivity contribution in [2.24, 2.45) is 5.73 Å². The Hall–Kier alpha value is -3.26. The maximum Gasteiger partial charge on any atom is 0.323 e. The summed E-state index contributed by atoms with van der Waals surface area (Å²) < 4.78 is 5.42. The molecule has 3 aromatic rings. The lowest BCUT2D eigenvalue weighted by atomic mass is 9.91. The summed E-state index contributed by atoms with van der Waals surface area (Å²) in [4.78, 5) is 28.0. The molecule has 8 nitrogen and oxygen atoms in total. The van der Waals surface area contributed by atoms with Crippen LogP contribution in [0, 0.1) is 0 Å². The molecule has 0 aliphatic carbocycles. The van der Waals surface area contributed by atoms with Crippen LogP contribution in [0.5, 0.6) is 5.75 Å². The number of aromatic nitrogens is 3. The van der Waals surface area contributed by atoms with Gasteiger partial charge in [0.25, 0.3) is 0 Å². The smallest absolute Gasteiger partial charge is 0.323 e. The number of ether oxygens (including phenoxy) is 1. The minimum absolute atomic E-state index is 0.203. The Morgan fingerprint density at radius 3 is 2.55 bits per heavy atom. The summed E-state index contributed by atoms with van der Waals surface area (Å²) in [5.41, 5.74) is 8.75. The van der Waals surface area contributed by atoms with E-state index in [0.717, 1.165) is 18.4 Å². The van der Waals surface area contributed by atoms with E-state index in [2.05, 4.69) is 20.3 Å². The summed E-state index contributed by atoms with van der Waals surface area (Å²) in [6.07, 6.45) is 4.70. The Morgan fingerprint density at radius 1 is 1.14 bits per heavy atom. The highest BCUT2D eigenvalue weighted by Gasteiger charge is 2.28. The van der Waals surface area contributed by atoms with Gasteiger partial charge in [-0.3, -0.25) is 5.32 Å². The predicted molar refractivity (Wildman–Crippen MR) is 112 cm³/mol. The number of piperidine rings is 1. The van der Waals surface area contributed by atoms with Crippen molar-refractivity contribution >= 4 is 22.9 Å². The van der Waals surface area contributed by atoms with E-state index >= 15 is 0 Å². The van der Waals surface area contributed by atoms with Gasteiger partial charge in [-0.2, -0.15) is 0 Å². The fraction of sp³-hybridized carbons (Fsp3) is 0.333. The lowest BCUT2D eigenvalue weighted by Gasteiger charge is -2.36. The van der Waals surface area contributed by atoms with Gasteiger partial charge < -0.3 is 15.4 Å². The van der Waals surface area contributed by atoms with Gasteiger partial charge in [-0.15, -0.1) is 0 Å². The van der Waals surface area contributed by atoms with Crippen molar-refractivity contribution in [3.8, 4) is 17.0 Å². The van der Waals surface area contributed by atoms with Gasteiger partial charge in [0.2, 0.25) is 0 Å². The molecule has 0 spiro atoms. The van der Waals surface area contributed by atoms with Gasteiger partial charge in [0.05, 0.1) is 25.2 Å². The number of hydrogen-bond donors (Lipinski definition) is 2. The van der Waals surface area contributed by atoms with Gasteiger partial charge in [0.1, 0.15) is 11.0 Å². The minimum Gasteiger partial charge on any atom is -0.493 e. The van der Waals surface area contributed by atoms with E-state index in [1.54, 1.807) is 24.4 Å². The maximum absolute atomic E-state index is 12.6. The highest BCUT2D eigenvalue weighted by molar-refractivity contribution is 5.95. The van der Waals surface area contributed by atoms with E-state index in [-0.39, 0.29) is 11.6 Å². The molecule has 1 aliphatic heterocycles. The van der Waals surface area contributed by atoms with E-state index in [1.165, 1.54) is 0 Å². The van der Waals surface area contributed by atoms with Crippen molar-refractivity contribution < 1.29 is 9.53 Å². The molecule has 1 aromatic carbocycles. The topological polar surface area (TPSA) is 106 Å². The molecule has 29 heavy (non-hydrogen) atoms. The van der Waals surface area contributed by atoms with Gasteiger partial charge in [0, 0.05) is 24.2 Å². The first kappa shape index (κ1) is 19.1. The van der Waals surface area contributed by atoms with Crippen molar-refractivity contribution in [2.75, 3.05) is 25.5 Å². The average Bonchev–Trinajstić information content (AvgIpc) is 2.73. The van der Waals surface area contributed by atoms with Crippen LogP contribution in [0.25, 0.3) is 22.3 Å². The van der Waals surface area contributed by atoms with Crippen LogP contribution in [0.3, 0.4) is 0 Å². The molecule has 8 heteroatoms. The zero-order valence-corrected chi connectivity index (χ0v) is 16.6. The van der Waals surface area contributed by atoms with E-state index < -0.39 is 0 Å². The third-order valence-corrected chi connectivity index (χ3v) is 5.24. The van der Waals surface area contributed by atoms with Gasteiger partial charge in [-0.05, 0) is 19.8 Å². The number of anilines is 1. The van der Waals surface area contributed by atoms with E-state index in [9.17, 15) is 4.79 Å². The molecule has 0 unspecified atom stereocenters. The Bertz CT molecular complexity index is 1030. The van der Waals surface area contributed by atoms with Crippen LogP contribution in [0.15, 0.2) is 42.7 Å². The number of carbonyl (C=O) groups is 1. The van der Waals surface area contributed by atoms with E-state index in [1.807, 2.05) is 37.3 Å². The highest BCUT2D eigenvalue weighted by atomic mass is 16.5. The molecule has 2 amide bonds. The third-order valence-electron chi connectivity index (χ3n) is 5.24. The molecule has 2 aromatic heterocycles. The lowest BCUT2D eigenvalue weighted by molar-refractivity contribution is 0.176. The van der Waals surface area contributed by atoms with Crippen molar-refractivity contribution in [1.29, 1.82) is 0 Å². The summed E-state index contributed by atoms with van der Waals surface area (Å²) in [6, 6.07) is 9.56. The number of hydrogen-bond acceptors (Lipinski definition) is 6. The SMILES string of the molecule is COc1cnc(-c2ccccc2)c2ncc(NC(=O)N3CCC(C)(N)CC3)nc12. The third kappa shape index (κ3) is 3.97. The monoisotopic (exact) mass is 392 g/mol. The largest absolute Gasteiger partial charge is 0.493 e. The molecule has 3 heterocycles. The predicted octanol–water partition coefficient (Wildman–Crippen LogP) is 3.05. The second kappa shape index (κ2) is 7.63. The summed E-state index contributed by atoms with van der Waals surface area (Å²) >= 11 is 0. The molecule has 1 saturated heterocycles. The van der Waals surface area contributed by atoms with Gasteiger partial charge in [-0.25, -0.2) is 19.7 Å². The van der Waals surface area contributed by atoms with E-state index in [4.69, 9.17) is 10.5 Å². The van der Waals surface area contributed by atoms with E-state index in [0.29, 0.717) is 41.4 Å². The first-order chi connectivity index (χ1) is 14.0. The maximum atomic E-state index is 12.6. The Morgan fingerprint density at radius 2 is 1.86 bits per heavy atom. The molecule has 150 valence electrons. The van der Waals surface area contributed by atoms with Crippen LogP contribution in [0.4, 0.5) is 10.6 Å². The van der Waals surface area contributed by atoms with Crippen LogP contribution in [0.2, 0.25) is 0 Å². The number of amides is 2. The molecule has 0 bridgehead atoms. The minimum atomic E-state index is -0.215. The molecule has 1 fully saturated rings. The van der Waals surface area contributed by atoms with Crippen LogP contribution < -0.4 is 15.8 Å². The fourth-order valence-corrected chi connectivity index (χ4v) is 3.41. The number of nitrogens with two attached hydrogens (primary N) is 1. The fourth-order valence-electron chi connectivity index (χ4n) is 3.41. The van der Waals surface area contributed by atoms with Crippen LogP contribution in [-0.2, 0) is 0 Å². The van der Waals surface area contributed by atoms with Crippen molar-refractivity contribution in [3.05, 3.63) is 42.7 Å². The molecule has 3 N–H and O–H groups in total. The van der Waals surface area contributed by atoms with Crippen molar-refractivity contribution in [1.82, 2.24) is 19.9 Å². The quantitative estimate of drug-likeness (QED) is 0.710. The first-order valence-corrected chi connectivity index (χ1v) is 9.57. The molecule has 0 atom stereocenters. The number of methoxy groups -OCH3 is 1. The van der Waals surface area contributed by atoms with Crippen molar-refractivity contribution in [2.45, 2.75) is 25.3 Å². The zero-order valence-electron chi connectivity index (χ0n) is 16.6. The van der Waals surface area contributed by atoms with Crippen LogP contribution in [0.1, 0.15) is 19.8 Å². The number of urea groups is 1. The average molecular weight is 392 g/mol. The van der Waals surface area contributed by atoms with Gasteiger partial charge in [-0.1, -0.05) is 30.3 Å². The number of pyridine rings is 1. The molecule has 0 radical (unpaired) electrons. The number of likely N-dealkylation sites (tertiary alicyclic amines) is 1. The van der Waals surface area contributed by atoms with Crippen LogP contribution >= 0.6 is 0 Å². The first-order valence-electron chi connectivity index (χ1n) is 9.57. The van der Waals surface area contributed by atoms with Crippen molar-refractivity contribution in [3.63, 3.8) is 0 Å². The van der Waals surface area contributed by atoms with Gasteiger partial charge >= 0.3 is 6.03 Å². The standard InChI is InChI=1S/C21H24N6O2/c1-21(22)8-10-27(11-9-21)20(28)26-16-13-24-19-17(14-6-4-3-5-7-14)23-12-15(29-2)18(19)25-16/h3-7,12-13H,8-11,22H2,1-2H3,(H,25,26,28). The Labute approximate surface area is 169 Å². The molecule has 1 aliphatic rings.